The molecule has 0 heterocycles. The molecule has 0 aromatic heterocycles. The van der Waals surface area contributed by atoms with E-state index in [0.717, 1.165) is 5.56 Å². The molecule has 0 N–H and O–H groups in total. The molecule has 0 spiro atoms. The average Bonchev–Trinajstić information content (AvgIpc) is 2.29. The first-order chi connectivity index (χ1) is 7.63. The van der Waals surface area contributed by atoms with Gasteiger partial charge in [-0.3, -0.25) is 4.79 Å². The van der Waals surface area contributed by atoms with Crippen LogP contribution in [0, 0.1) is 11.3 Å². The number of nitriles is 1. The molecule has 3 heteroatoms. The second-order valence-electron chi connectivity index (χ2n) is 3.54. The van der Waals surface area contributed by atoms with Crippen molar-refractivity contribution < 1.29 is 4.79 Å². The van der Waals surface area contributed by atoms with E-state index in [2.05, 4.69) is 6.07 Å². The fraction of sp³-hybridized carbons (Fsp3) is 0.231. The molecule has 1 aromatic rings. The highest BCUT2D eigenvalue weighted by atomic mass is 16.2. The van der Waals surface area contributed by atoms with E-state index in [9.17, 15) is 4.79 Å². The smallest absolute Gasteiger partial charge is 0.219 e. The Morgan fingerprint density at radius 2 is 2.06 bits per heavy atom. The second kappa shape index (κ2) is 5.72. The summed E-state index contributed by atoms with van der Waals surface area (Å²) >= 11 is 0. The predicted octanol–water partition coefficient (Wildman–Crippen LogP) is 2.05. The van der Waals surface area contributed by atoms with E-state index in [1.807, 2.05) is 24.3 Å². The van der Waals surface area contributed by atoms with Gasteiger partial charge in [-0.1, -0.05) is 24.3 Å². The number of nitrogens with zero attached hydrogens (tertiary/aromatic N) is 2. The zero-order valence-corrected chi connectivity index (χ0v) is 9.47. The fourth-order valence-electron chi connectivity index (χ4n) is 1.14. The zero-order chi connectivity index (χ0) is 12.0. The second-order valence-corrected chi connectivity index (χ2v) is 3.54. The highest BCUT2D eigenvalue weighted by Gasteiger charge is 1.97. The van der Waals surface area contributed by atoms with Crippen LogP contribution in [0.25, 0.3) is 6.08 Å². The molecule has 0 bridgehead atoms. The van der Waals surface area contributed by atoms with Gasteiger partial charge in [0.25, 0.3) is 0 Å². The summed E-state index contributed by atoms with van der Waals surface area (Å²) in [5.41, 5.74) is 1.67. The van der Waals surface area contributed by atoms with Crippen molar-refractivity contribution in [2.75, 3.05) is 13.6 Å². The number of rotatable bonds is 3. The molecule has 16 heavy (non-hydrogen) atoms. The van der Waals surface area contributed by atoms with E-state index in [4.69, 9.17) is 5.26 Å². The Bertz CT molecular complexity index is 426. The first-order valence-corrected chi connectivity index (χ1v) is 5.02. The molecular weight excluding hydrogens is 200 g/mol. The van der Waals surface area contributed by atoms with Gasteiger partial charge in [0.2, 0.25) is 5.91 Å². The van der Waals surface area contributed by atoms with E-state index in [1.54, 1.807) is 24.1 Å². The Balaban J connectivity index is 2.57. The fourth-order valence-corrected chi connectivity index (χ4v) is 1.14. The van der Waals surface area contributed by atoms with Crippen molar-refractivity contribution in [1.29, 1.82) is 5.26 Å². The monoisotopic (exact) mass is 214 g/mol. The van der Waals surface area contributed by atoms with Crippen LogP contribution in [0.5, 0.6) is 0 Å². The number of benzene rings is 1. The lowest BCUT2D eigenvalue weighted by molar-refractivity contribution is -0.127. The summed E-state index contributed by atoms with van der Waals surface area (Å²) in [7, 11) is 1.76. The summed E-state index contributed by atoms with van der Waals surface area (Å²) in [5, 5.41) is 8.63. The van der Waals surface area contributed by atoms with Crippen LogP contribution in [-0.2, 0) is 4.79 Å². The molecule has 0 saturated carbocycles. The summed E-state index contributed by atoms with van der Waals surface area (Å²) in [5.74, 6) is 0.0458. The minimum absolute atomic E-state index is 0.0458. The zero-order valence-electron chi connectivity index (χ0n) is 9.47. The molecular formula is C13H14N2O. The molecule has 0 radical (unpaired) electrons. The first kappa shape index (κ1) is 12.0. The number of likely N-dealkylation sites (N-methyl/N-ethyl adjacent to an activating group) is 1. The van der Waals surface area contributed by atoms with Gasteiger partial charge in [0, 0.05) is 20.5 Å². The SMILES string of the molecule is CC(=O)N(C)C/C=C/c1ccc(C#N)cc1. The van der Waals surface area contributed by atoms with Crippen molar-refractivity contribution in [3.05, 3.63) is 41.5 Å². The van der Waals surface area contributed by atoms with Gasteiger partial charge in [-0.15, -0.1) is 0 Å². The van der Waals surface area contributed by atoms with E-state index in [-0.39, 0.29) is 5.91 Å². The lowest BCUT2D eigenvalue weighted by atomic mass is 10.1. The standard InChI is InChI=1S/C13H14N2O/c1-11(16)15(2)9-3-4-12-5-7-13(10-14)8-6-12/h3-8H,9H2,1-2H3/b4-3+. The Hall–Kier alpha value is -2.08. The maximum absolute atomic E-state index is 10.9. The predicted molar refractivity (Wildman–Crippen MR) is 63.5 cm³/mol. The lowest BCUT2D eigenvalue weighted by Crippen LogP contribution is -2.23. The van der Waals surface area contributed by atoms with Gasteiger partial charge in [0.1, 0.15) is 0 Å². The van der Waals surface area contributed by atoms with Crippen molar-refractivity contribution in [3.63, 3.8) is 0 Å². The van der Waals surface area contributed by atoms with Crippen molar-refractivity contribution in [2.45, 2.75) is 6.92 Å². The van der Waals surface area contributed by atoms with Crippen molar-refractivity contribution in [3.8, 4) is 6.07 Å². The highest BCUT2D eigenvalue weighted by Crippen LogP contribution is 2.05. The Kier molecular flexibility index (Phi) is 4.28. The van der Waals surface area contributed by atoms with E-state index in [0.29, 0.717) is 12.1 Å². The minimum atomic E-state index is 0.0458. The van der Waals surface area contributed by atoms with Crippen LogP contribution in [0.1, 0.15) is 18.1 Å². The maximum Gasteiger partial charge on any atom is 0.219 e. The molecule has 1 aromatic carbocycles. The number of carbonyl (C=O) groups is 1. The number of hydrogen-bond acceptors (Lipinski definition) is 2. The normalized spacial score (nSPS) is 10.1. The third kappa shape index (κ3) is 3.58. The van der Waals surface area contributed by atoms with Crippen molar-refractivity contribution >= 4 is 12.0 Å². The Morgan fingerprint density at radius 3 is 2.56 bits per heavy atom. The lowest BCUT2D eigenvalue weighted by Gasteiger charge is -2.10. The first-order valence-electron chi connectivity index (χ1n) is 5.02. The summed E-state index contributed by atoms with van der Waals surface area (Å²) in [6, 6.07) is 9.37. The van der Waals surface area contributed by atoms with Crippen LogP contribution in [-0.4, -0.2) is 24.4 Å². The Labute approximate surface area is 95.6 Å². The van der Waals surface area contributed by atoms with Crippen LogP contribution in [0.2, 0.25) is 0 Å². The van der Waals surface area contributed by atoms with Gasteiger partial charge < -0.3 is 4.90 Å². The van der Waals surface area contributed by atoms with Crippen molar-refractivity contribution in [2.24, 2.45) is 0 Å². The molecule has 0 fully saturated rings. The number of hydrogen-bond donors (Lipinski definition) is 0. The van der Waals surface area contributed by atoms with Crippen LogP contribution in [0.15, 0.2) is 30.3 Å². The molecule has 0 aliphatic carbocycles. The summed E-state index contributed by atoms with van der Waals surface area (Å²) < 4.78 is 0. The molecule has 0 saturated heterocycles. The number of carbonyl (C=O) groups excluding carboxylic acids is 1. The summed E-state index contributed by atoms with van der Waals surface area (Å²) in [6.45, 7) is 2.13. The molecule has 0 aliphatic heterocycles. The van der Waals surface area contributed by atoms with Crippen LogP contribution < -0.4 is 0 Å². The van der Waals surface area contributed by atoms with Gasteiger partial charge in [0.15, 0.2) is 0 Å². The number of amides is 1. The molecule has 0 atom stereocenters. The topological polar surface area (TPSA) is 44.1 Å². The molecule has 0 aliphatic rings. The largest absolute Gasteiger partial charge is 0.342 e. The van der Waals surface area contributed by atoms with Crippen LogP contribution in [0.3, 0.4) is 0 Å². The molecule has 1 amide bonds. The van der Waals surface area contributed by atoms with Crippen molar-refractivity contribution in [1.82, 2.24) is 4.90 Å². The highest BCUT2D eigenvalue weighted by molar-refractivity contribution is 5.73. The summed E-state index contributed by atoms with van der Waals surface area (Å²) in [4.78, 5) is 12.6. The van der Waals surface area contributed by atoms with Crippen LogP contribution >= 0.6 is 0 Å². The molecule has 82 valence electrons. The Morgan fingerprint density at radius 1 is 1.44 bits per heavy atom. The van der Waals surface area contributed by atoms with Gasteiger partial charge in [-0.05, 0) is 17.7 Å². The molecule has 0 unspecified atom stereocenters. The quantitative estimate of drug-likeness (QED) is 0.773. The van der Waals surface area contributed by atoms with Gasteiger partial charge in [-0.25, -0.2) is 0 Å². The van der Waals surface area contributed by atoms with Crippen LogP contribution in [0.4, 0.5) is 0 Å². The summed E-state index contributed by atoms with van der Waals surface area (Å²) in [6.07, 6.45) is 3.85. The third-order valence-electron chi connectivity index (χ3n) is 2.27. The van der Waals surface area contributed by atoms with Gasteiger partial charge in [0.05, 0.1) is 11.6 Å². The maximum atomic E-state index is 10.9. The van der Waals surface area contributed by atoms with E-state index in [1.165, 1.54) is 6.92 Å². The minimum Gasteiger partial charge on any atom is -0.342 e. The van der Waals surface area contributed by atoms with Gasteiger partial charge >= 0.3 is 0 Å². The van der Waals surface area contributed by atoms with E-state index >= 15 is 0 Å². The average molecular weight is 214 g/mol. The van der Waals surface area contributed by atoms with Gasteiger partial charge in [-0.2, -0.15) is 5.26 Å². The van der Waals surface area contributed by atoms with E-state index < -0.39 is 0 Å². The molecule has 1 rings (SSSR count). The third-order valence-corrected chi connectivity index (χ3v) is 2.27. The molecule has 3 nitrogen and oxygen atoms in total.